The fourth-order valence-corrected chi connectivity index (χ4v) is 3.70. The Bertz CT molecular complexity index is 858. The van der Waals surface area contributed by atoms with Crippen LogP contribution in [0.25, 0.3) is 0 Å². The van der Waals surface area contributed by atoms with E-state index in [4.69, 9.17) is 15.2 Å². The molecule has 2 aliphatic rings. The van der Waals surface area contributed by atoms with Crippen molar-refractivity contribution in [3.05, 3.63) is 35.7 Å². The number of fused-ring (bicyclic) bond motifs is 1. The predicted molar refractivity (Wildman–Crippen MR) is 103 cm³/mol. The maximum absolute atomic E-state index is 13.0. The van der Waals surface area contributed by atoms with Crippen LogP contribution in [0.15, 0.2) is 24.4 Å². The van der Waals surface area contributed by atoms with Gasteiger partial charge in [-0.25, -0.2) is 0 Å². The Morgan fingerprint density at radius 3 is 2.82 bits per heavy atom. The summed E-state index contributed by atoms with van der Waals surface area (Å²) in [6.45, 7) is 7.07. The largest absolute Gasteiger partial charge is 0.486 e. The molecule has 1 saturated heterocycles. The minimum Gasteiger partial charge on any atom is -0.486 e. The van der Waals surface area contributed by atoms with Crippen LogP contribution in [0.5, 0.6) is 11.5 Å². The molecule has 1 fully saturated rings. The molecule has 1 aromatic heterocycles. The van der Waals surface area contributed by atoms with Crippen molar-refractivity contribution in [2.45, 2.75) is 38.8 Å². The number of benzene rings is 1. The highest BCUT2D eigenvalue weighted by atomic mass is 16.6. The van der Waals surface area contributed by atoms with Gasteiger partial charge in [0.25, 0.3) is 5.91 Å². The molecule has 150 valence electrons. The van der Waals surface area contributed by atoms with E-state index in [2.05, 4.69) is 10.3 Å². The Morgan fingerprint density at radius 2 is 2.07 bits per heavy atom. The number of rotatable bonds is 4. The van der Waals surface area contributed by atoms with Crippen molar-refractivity contribution in [1.82, 2.24) is 19.9 Å². The van der Waals surface area contributed by atoms with E-state index in [0.717, 1.165) is 31.6 Å². The number of ether oxygens (including phenoxy) is 2. The van der Waals surface area contributed by atoms with Crippen LogP contribution in [-0.2, 0) is 12.1 Å². The highest BCUT2D eigenvalue weighted by molar-refractivity contribution is 5.95. The van der Waals surface area contributed by atoms with E-state index < -0.39 is 5.54 Å². The third-order valence-electron chi connectivity index (χ3n) is 5.24. The molecule has 2 aliphatic heterocycles. The second kappa shape index (κ2) is 7.43. The van der Waals surface area contributed by atoms with Crippen LogP contribution in [0, 0.1) is 5.92 Å². The summed E-state index contributed by atoms with van der Waals surface area (Å²) in [7, 11) is 0. The number of piperidine rings is 1. The van der Waals surface area contributed by atoms with Crippen molar-refractivity contribution >= 4 is 5.91 Å². The Hall–Kier alpha value is -2.61. The third-order valence-corrected chi connectivity index (χ3v) is 5.24. The van der Waals surface area contributed by atoms with Gasteiger partial charge in [0.05, 0.1) is 11.7 Å². The fourth-order valence-electron chi connectivity index (χ4n) is 3.70. The molecule has 1 unspecified atom stereocenters. The first kappa shape index (κ1) is 18.7. The lowest BCUT2D eigenvalue weighted by atomic mass is 9.97. The molecular weight excluding hydrogens is 358 g/mol. The number of hydrogen-bond acceptors (Lipinski definition) is 6. The third kappa shape index (κ3) is 3.96. The average Bonchev–Trinajstić information content (AvgIpc) is 3.16. The summed E-state index contributed by atoms with van der Waals surface area (Å²) in [5.74, 6) is 1.71. The maximum Gasteiger partial charge on any atom is 0.254 e. The van der Waals surface area contributed by atoms with Gasteiger partial charge in [-0.15, -0.1) is 5.10 Å². The normalized spacial score (nSPS) is 19.5. The summed E-state index contributed by atoms with van der Waals surface area (Å²) >= 11 is 0. The minimum absolute atomic E-state index is 0.0315. The minimum atomic E-state index is -0.509. The highest BCUT2D eigenvalue weighted by Gasteiger charge is 2.27. The van der Waals surface area contributed by atoms with E-state index in [1.165, 1.54) is 0 Å². The van der Waals surface area contributed by atoms with E-state index in [9.17, 15) is 4.79 Å². The number of aromatic nitrogens is 3. The fraction of sp³-hybridized carbons (Fsp3) is 0.550. The van der Waals surface area contributed by atoms with E-state index in [0.29, 0.717) is 42.7 Å². The molecule has 3 heterocycles. The van der Waals surface area contributed by atoms with Gasteiger partial charge in [0, 0.05) is 25.2 Å². The zero-order valence-electron chi connectivity index (χ0n) is 16.4. The molecule has 4 rings (SSSR count). The summed E-state index contributed by atoms with van der Waals surface area (Å²) < 4.78 is 13.0. The van der Waals surface area contributed by atoms with Crippen molar-refractivity contribution < 1.29 is 14.3 Å². The lowest BCUT2D eigenvalue weighted by Gasteiger charge is -2.33. The number of likely N-dealkylation sites (tertiary alicyclic amines) is 1. The van der Waals surface area contributed by atoms with Crippen molar-refractivity contribution in [3.8, 4) is 11.5 Å². The van der Waals surface area contributed by atoms with Crippen molar-refractivity contribution in [1.29, 1.82) is 0 Å². The van der Waals surface area contributed by atoms with Crippen LogP contribution >= 0.6 is 0 Å². The first-order chi connectivity index (χ1) is 13.4. The van der Waals surface area contributed by atoms with Gasteiger partial charge in [-0.3, -0.25) is 9.48 Å². The quantitative estimate of drug-likeness (QED) is 0.862. The molecule has 0 spiro atoms. The van der Waals surface area contributed by atoms with Crippen molar-refractivity contribution in [2.24, 2.45) is 11.7 Å². The Kier molecular flexibility index (Phi) is 4.97. The second-order valence-electron chi connectivity index (χ2n) is 8.17. The first-order valence-corrected chi connectivity index (χ1v) is 9.78. The van der Waals surface area contributed by atoms with E-state index in [1.807, 2.05) is 41.8 Å². The van der Waals surface area contributed by atoms with Gasteiger partial charge in [-0.1, -0.05) is 5.21 Å². The van der Waals surface area contributed by atoms with Gasteiger partial charge < -0.3 is 20.1 Å². The lowest BCUT2D eigenvalue weighted by Crippen LogP contribution is -2.41. The average molecular weight is 385 g/mol. The summed E-state index contributed by atoms with van der Waals surface area (Å²) in [5, 5.41) is 8.38. The van der Waals surface area contributed by atoms with Crippen molar-refractivity contribution in [2.75, 3.05) is 26.3 Å². The summed E-state index contributed by atoms with van der Waals surface area (Å²) in [5.41, 5.74) is 6.99. The number of amides is 1. The Balaban J connectivity index is 1.42. The van der Waals surface area contributed by atoms with Gasteiger partial charge in [-0.05, 0) is 50.8 Å². The zero-order valence-corrected chi connectivity index (χ0v) is 16.4. The lowest BCUT2D eigenvalue weighted by molar-refractivity contribution is 0.0658. The van der Waals surface area contributed by atoms with Crippen LogP contribution in [0.2, 0.25) is 0 Å². The predicted octanol–water partition coefficient (Wildman–Crippen LogP) is 1.80. The van der Waals surface area contributed by atoms with Crippen molar-refractivity contribution in [3.63, 3.8) is 0 Å². The summed E-state index contributed by atoms with van der Waals surface area (Å²) in [4.78, 5) is 14.9. The zero-order chi connectivity index (χ0) is 19.7. The first-order valence-electron chi connectivity index (χ1n) is 9.78. The standard InChI is InChI=1S/C20H27N5O3/c1-20(2,21)18-13-25(23-22-18)12-14-4-3-7-24(11-14)19(26)15-5-6-16-17(10-15)28-9-8-27-16/h5-6,10,13-14H,3-4,7-9,11-12,21H2,1-2H3. The summed E-state index contributed by atoms with van der Waals surface area (Å²) in [6, 6.07) is 5.41. The molecule has 1 amide bonds. The van der Waals surface area contributed by atoms with Gasteiger partial charge in [0.1, 0.15) is 18.9 Å². The molecule has 2 aromatic rings. The molecule has 0 bridgehead atoms. The smallest absolute Gasteiger partial charge is 0.254 e. The summed E-state index contributed by atoms with van der Waals surface area (Å²) in [6.07, 6.45) is 3.94. The maximum atomic E-state index is 13.0. The topological polar surface area (TPSA) is 95.5 Å². The number of hydrogen-bond donors (Lipinski definition) is 1. The van der Waals surface area contributed by atoms with Crippen LogP contribution in [0.1, 0.15) is 42.7 Å². The van der Waals surface area contributed by atoms with Gasteiger partial charge >= 0.3 is 0 Å². The van der Waals surface area contributed by atoms with E-state index in [-0.39, 0.29) is 5.91 Å². The molecule has 0 radical (unpaired) electrons. The molecule has 2 N–H and O–H groups in total. The number of carbonyl (C=O) groups excluding carboxylic acids is 1. The Labute approximate surface area is 164 Å². The number of nitrogens with two attached hydrogens (primary N) is 1. The monoisotopic (exact) mass is 385 g/mol. The van der Waals surface area contributed by atoms with Gasteiger partial charge in [-0.2, -0.15) is 0 Å². The Morgan fingerprint density at radius 1 is 1.29 bits per heavy atom. The number of nitrogens with zero attached hydrogens (tertiary/aromatic N) is 4. The second-order valence-corrected chi connectivity index (χ2v) is 8.17. The van der Waals surface area contributed by atoms with E-state index >= 15 is 0 Å². The van der Waals surface area contributed by atoms with Gasteiger partial charge in [0.15, 0.2) is 11.5 Å². The molecule has 0 saturated carbocycles. The molecule has 28 heavy (non-hydrogen) atoms. The molecule has 0 aliphatic carbocycles. The van der Waals surface area contributed by atoms with Crippen LogP contribution in [0.4, 0.5) is 0 Å². The molecule has 8 heteroatoms. The highest BCUT2D eigenvalue weighted by Crippen LogP contribution is 2.31. The van der Waals surface area contributed by atoms with E-state index in [1.54, 1.807) is 6.07 Å². The molecule has 1 atom stereocenters. The molecule has 8 nitrogen and oxygen atoms in total. The van der Waals surface area contributed by atoms with Crippen LogP contribution < -0.4 is 15.2 Å². The SMILES string of the molecule is CC(C)(N)c1cn(CC2CCCN(C(=O)c3ccc4c(c3)OCCO4)C2)nn1. The molecule has 1 aromatic carbocycles. The van der Waals surface area contributed by atoms with Crippen LogP contribution in [0.3, 0.4) is 0 Å². The van der Waals surface area contributed by atoms with Gasteiger partial charge in [0.2, 0.25) is 0 Å². The van der Waals surface area contributed by atoms with Crippen LogP contribution in [-0.4, -0.2) is 52.1 Å². The molecular formula is C20H27N5O3. The number of carbonyl (C=O) groups is 1.